The first-order chi connectivity index (χ1) is 15.4. The number of rotatable bonds is 7. The zero-order valence-corrected chi connectivity index (χ0v) is 18.5. The van der Waals surface area contributed by atoms with Gasteiger partial charge in [-0.25, -0.2) is 0 Å². The summed E-state index contributed by atoms with van der Waals surface area (Å²) in [7, 11) is 3.10. The standard InChI is InChI=1S/C25H24N2O5/c1-5-32-22-11-8-18(13-23(22)31-4)12-20-16(2)21(14-26)25(29)27(24(20)28)15-17-6-9-19(30-3)10-7-17/h6-13H,5,15H2,1-4H3/b20-12+. The van der Waals surface area contributed by atoms with Crippen LogP contribution in [-0.2, 0) is 16.1 Å². The third-order valence-electron chi connectivity index (χ3n) is 5.12. The van der Waals surface area contributed by atoms with Crippen LogP contribution in [0.15, 0.2) is 59.2 Å². The predicted molar refractivity (Wildman–Crippen MR) is 119 cm³/mol. The molecule has 0 aromatic heterocycles. The van der Waals surface area contributed by atoms with Gasteiger partial charge in [0.2, 0.25) is 0 Å². The van der Waals surface area contributed by atoms with Gasteiger partial charge in [-0.2, -0.15) is 5.26 Å². The first-order valence-corrected chi connectivity index (χ1v) is 10.1. The molecule has 7 heteroatoms. The molecule has 0 unspecified atom stereocenters. The fourth-order valence-corrected chi connectivity index (χ4v) is 3.40. The summed E-state index contributed by atoms with van der Waals surface area (Å²) in [5, 5.41) is 9.58. The van der Waals surface area contributed by atoms with Crippen LogP contribution < -0.4 is 14.2 Å². The largest absolute Gasteiger partial charge is 0.497 e. The molecule has 1 heterocycles. The van der Waals surface area contributed by atoms with Crippen LogP contribution in [-0.4, -0.2) is 37.5 Å². The molecule has 1 aliphatic rings. The van der Waals surface area contributed by atoms with E-state index in [1.54, 1.807) is 62.6 Å². The highest BCUT2D eigenvalue weighted by atomic mass is 16.5. The number of nitriles is 1. The highest BCUT2D eigenvalue weighted by Gasteiger charge is 2.35. The van der Waals surface area contributed by atoms with Gasteiger partial charge in [-0.15, -0.1) is 0 Å². The molecule has 7 nitrogen and oxygen atoms in total. The van der Waals surface area contributed by atoms with Crippen LogP contribution in [0.5, 0.6) is 17.2 Å². The van der Waals surface area contributed by atoms with E-state index in [1.807, 2.05) is 13.0 Å². The van der Waals surface area contributed by atoms with E-state index in [1.165, 1.54) is 7.11 Å². The summed E-state index contributed by atoms with van der Waals surface area (Å²) in [5.41, 5.74) is 2.00. The molecular weight excluding hydrogens is 408 g/mol. The fraction of sp³-hybridized carbons (Fsp3) is 0.240. The van der Waals surface area contributed by atoms with E-state index in [0.29, 0.717) is 35.0 Å². The average molecular weight is 432 g/mol. The van der Waals surface area contributed by atoms with E-state index in [-0.39, 0.29) is 17.7 Å². The fourth-order valence-electron chi connectivity index (χ4n) is 3.40. The van der Waals surface area contributed by atoms with Crippen LogP contribution in [0.4, 0.5) is 0 Å². The molecule has 164 valence electrons. The SMILES string of the molecule is CCOc1ccc(/C=C2/C(=O)N(Cc3ccc(OC)cc3)C(=O)C(C#N)=C2C)cc1OC. The van der Waals surface area contributed by atoms with Gasteiger partial charge in [-0.05, 0) is 60.9 Å². The maximum Gasteiger partial charge on any atom is 0.271 e. The van der Waals surface area contributed by atoms with Crippen molar-refractivity contribution in [2.75, 3.05) is 20.8 Å². The van der Waals surface area contributed by atoms with Gasteiger partial charge in [0.05, 0.1) is 27.4 Å². The van der Waals surface area contributed by atoms with Crippen molar-refractivity contribution in [3.8, 4) is 23.3 Å². The third-order valence-corrected chi connectivity index (χ3v) is 5.12. The lowest BCUT2D eigenvalue weighted by Gasteiger charge is -2.27. The Bertz CT molecular complexity index is 1140. The predicted octanol–water partition coefficient (Wildman–Crippen LogP) is 3.89. The normalized spacial score (nSPS) is 15.1. The number of imide groups is 1. The smallest absolute Gasteiger partial charge is 0.271 e. The molecule has 0 aliphatic carbocycles. The Kier molecular flexibility index (Phi) is 6.96. The van der Waals surface area contributed by atoms with Crippen LogP contribution in [0.2, 0.25) is 0 Å². The van der Waals surface area contributed by atoms with Crippen LogP contribution in [0.1, 0.15) is 25.0 Å². The molecule has 0 fully saturated rings. The van der Waals surface area contributed by atoms with Crippen molar-refractivity contribution in [2.45, 2.75) is 20.4 Å². The molecular formula is C25H24N2O5. The van der Waals surface area contributed by atoms with Crippen molar-refractivity contribution >= 4 is 17.9 Å². The lowest BCUT2D eigenvalue weighted by Crippen LogP contribution is -2.42. The molecule has 2 aromatic rings. The summed E-state index contributed by atoms with van der Waals surface area (Å²) >= 11 is 0. The lowest BCUT2D eigenvalue weighted by molar-refractivity contribution is -0.141. The minimum atomic E-state index is -0.604. The van der Waals surface area contributed by atoms with Crippen molar-refractivity contribution in [2.24, 2.45) is 0 Å². The number of nitrogens with zero attached hydrogens (tertiary/aromatic N) is 2. The minimum absolute atomic E-state index is 0.0457. The van der Waals surface area contributed by atoms with E-state index < -0.39 is 11.8 Å². The molecule has 0 bridgehead atoms. The second-order valence-electron chi connectivity index (χ2n) is 7.06. The van der Waals surface area contributed by atoms with Crippen LogP contribution in [0.3, 0.4) is 0 Å². The first-order valence-electron chi connectivity index (χ1n) is 10.1. The van der Waals surface area contributed by atoms with Gasteiger partial charge in [0.25, 0.3) is 11.8 Å². The highest BCUT2D eigenvalue weighted by Crippen LogP contribution is 2.32. The molecule has 0 saturated heterocycles. The molecule has 0 N–H and O–H groups in total. The molecule has 2 aromatic carbocycles. The Labute approximate surface area is 187 Å². The van der Waals surface area contributed by atoms with Crippen molar-refractivity contribution in [1.29, 1.82) is 5.26 Å². The Morgan fingerprint density at radius 2 is 1.72 bits per heavy atom. The molecule has 0 saturated carbocycles. The Morgan fingerprint density at radius 1 is 1.00 bits per heavy atom. The second kappa shape index (κ2) is 9.84. The molecule has 32 heavy (non-hydrogen) atoms. The van der Waals surface area contributed by atoms with Crippen molar-refractivity contribution in [1.82, 2.24) is 4.90 Å². The maximum absolute atomic E-state index is 13.3. The Hall–Kier alpha value is -4.05. The quantitative estimate of drug-likeness (QED) is 0.487. The minimum Gasteiger partial charge on any atom is -0.497 e. The van der Waals surface area contributed by atoms with Crippen LogP contribution in [0.25, 0.3) is 6.08 Å². The van der Waals surface area contributed by atoms with E-state index in [2.05, 4.69) is 0 Å². The van der Waals surface area contributed by atoms with Gasteiger partial charge in [-0.3, -0.25) is 14.5 Å². The molecule has 0 radical (unpaired) electrons. The molecule has 0 spiro atoms. The number of methoxy groups -OCH3 is 2. The number of amides is 2. The highest BCUT2D eigenvalue weighted by molar-refractivity contribution is 6.19. The number of ether oxygens (including phenoxy) is 3. The Morgan fingerprint density at radius 3 is 2.31 bits per heavy atom. The summed E-state index contributed by atoms with van der Waals surface area (Å²) < 4.78 is 16.1. The van der Waals surface area contributed by atoms with Gasteiger partial charge < -0.3 is 14.2 Å². The lowest BCUT2D eigenvalue weighted by atomic mass is 9.93. The van der Waals surface area contributed by atoms with Crippen LogP contribution in [0, 0.1) is 11.3 Å². The summed E-state index contributed by atoms with van der Waals surface area (Å²) in [6, 6.07) is 14.3. The number of benzene rings is 2. The van der Waals surface area contributed by atoms with Gasteiger partial charge in [0.15, 0.2) is 11.5 Å². The Balaban J connectivity index is 2.01. The molecule has 2 amide bonds. The first kappa shape index (κ1) is 22.6. The maximum atomic E-state index is 13.3. The van der Waals surface area contributed by atoms with Gasteiger partial charge in [0.1, 0.15) is 17.4 Å². The van der Waals surface area contributed by atoms with E-state index >= 15 is 0 Å². The summed E-state index contributed by atoms with van der Waals surface area (Å²) in [6.07, 6.45) is 1.65. The van der Waals surface area contributed by atoms with E-state index in [0.717, 1.165) is 10.5 Å². The molecule has 3 rings (SSSR count). The third kappa shape index (κ3) is 4.49. The van der Waals surface area contributed by atoms with Crippen molar-refractivity contribution in [3.63, 3.8) is 0 Å². The van der Waals surface area contributed by atoms with Crippen molar-refractivity contribution in [3.05, 3.63) is 70.3 Å². The second-order valence-corrected chi connectivity index (χ2v) is 7.06. The topological polar surface area (TPSA) is 88.9 Å². The number of hydrogen-bond acceptors (Lipinski definition) is 6. The summed E-state index contributed by atoms with van der Waals surface area (Å²) in [4.78, 5) is 27.2. The molecule has 0 atom stereocenters. The van der Waals surface area contributed by atoms with Gasteiger partial charge in [0, 0.05) is 5.57 Å². The van der Waals surface area contributed by atoms with Gasteiger partial charge >= 0.3 is 0 Å². The zero-order chi connectivity index (χ0) is 23.3. The van der Waals surface area contributed by atoms with E-state index in [9.17, 15) is 14.9 Å². The van der Waals surface area contributed by atoms with Crippen LogP contribution >= 0.6 is 0 Å². The van der Waals surface area contributed by atoms with E-state index in [4.69, 9.17) is 14.2 Å². The number of carbonyl (C=O) groups is 2. The number of hydrogen-bond donors (Lipinski definition) is 0. The van der Waals surface area contributed by atoms with Crippen molar-refractivity contribution < 1.29 is 23.8 Å². The monoisotopic (exact) mass is 432 g/mol. The summed E-state index contributed by atoms with van der Waals surface area (Å²) in [5.74, 6) is 0.720. The van der Waals surface area contributed by atoms with Gasteiger partial charge in [-0.1, -0.05) is 18.2 Å². The molecule has 1 aliphatic heterocycles. The zero-order valence-electron chi connectivity index (χ0n) is 18.5. The summed E-state index contributed by atoms with van der Waals surface area (Å²) in [6.45, 7) is 4.02. The number of carbonyl (C=O) groups excluding carboxylic acids is 2. The average Bonchev–Trinajstić information content (AvgIpc) is 2.81.